The van der Waals surface area contributed by atoms with Crippen molar-refractivity contribution in [3.63, 3.8) is 0 Å². The van der Waals surface area contributed by atoms with Crippen LogP contribution in [0.15, 0.2) is 0 Å². The largest absolute Gasteiger partial charge is 0.394 e. The van der Waals surface area contributed by atoms with Gasteiger partial charge in [-0.05, 0) is 0 Å². The normalized spacial score (nSPS) is 6.57. The molecule has 0 aromatic carbocycles. The van der Waals surface area contributed by atoms with Gasteiger partial charge in [-0.2, -0.15) is 0 Å². The highest BCUT2D eigenvalue weighted by molar-refractivity contribution is 5.10. The molecular formula is C4H10O3. The lowest BCUT2D eigenvalue weighted by molar-refractivity contribution is -0.0979. The number of rotatable bonds is 2. The van der Waals surface area contributed by atoms with Crippen LogP contribution in [-0.2, 0) is 9.53 Å². The molecule has 0 fully saturated rings. The summed E-state index contributed by atoms with van der Waals surface area (Å²) in [5, 5.41) is 7.94. The molecule has 3 nitrogen and oxygen atoms in total. The van der Waals surface area contributed by atoms with Gasteiger partial charge in [0.05, 0.1) is 13.2 Å². The summed E-state index contributed by atoms with van der Waals surface area (Å²) >= 11 is 0. The van der Waals surface area contributed by atoms with Crippen molar-refractivity contribution in [2.45, 2.75) is 0 Å². The third-order valence-corrected chi connectivity index (χ3v) is 0.295. The van der Waals surface area contributed by atoms with E-state index in [1.54, 1.807) is 7.11 Å². The number of carbonyl (C=O) groups excluding carboxylic acids is 1. The smallest absolute Gasteiger partial charge is 0.106 e. The Morgan fingerprint density at radius 3 is 2.14 bits per heavy atom. The van der Waals surface area contributed by atoms with Crippen molar-refractivity contribution in [2.24, 2.45) is 0 Å². The number of carbonyl (C=O) groups is 1. The van der Waals surface area contributed by atoms with E-state index in [4.69, 9.17) is 9.90 Å². The molecule has 0 aliphatic heterocycles. The van der Waals surface area contributed by atoms with E-state index in [2.05, 4.69) is 4.74 Å². The van der Waals surface area contributed by atoms with Crippen LogP contribution in [0.2, 0.25) is 0 Å². The molecule has 0 saturated carbocycles. The number of methoxy groups -OCH3 is 1. The zero-order valence-electron chi connectivity index (χ0n) is 4.39. The number of ether oxygens (including phenoxy) is 1. The average Bonchev–Trinajstić information content (AvgIpc) is 1.75. The summed E-state index contributed by atoms with van der Waals surface area (Å²) in [6, 6.07) is 0. The Morgan fingerprint density at radius 2 is 2.14 bits per heavy atom. The van der Waals surface area contributed by atoms with Gasteiger partial charge in [0, 0.05) is 7.11 Å². The van der Waals surface area contributed by atoms with Crippen molar-refractivity contribution in [1.29, 1.82) is 0 Å². The minimum Gasteiger partial charge on any atom is -0.394 e. The average molecular weight is 106 g/mol. The molecule has 0 rings (SSSR count). The van der Waals surface area contributed by atoms with Gasteiger partial charge in [0.15, 0.2) is 0 Å². The Balaban J connectivity index is 0. The Morgan fingerprint density at radius 1 is 1.71 bits per heavy atom. The van der Waals surface area contributed by atoms with Crippen molar-refractivity contribution in [3.8, 4) is 0 Å². The fraction of sp³-hybridized carbons (Fsp3) is 0.750. The van der Waals surface area contributed by atoms with Gasteiger partial charge < -0.3 is 14.6 Å². The van der Waals surface area contributed by atoms with Crippen LogP contribution < -0.4 is 0 Å². The summed E-state index contributed by atoms with van der Waals surface area (Å²) in [6.07, 6.45) is 0. The minimum absolute atomic E-state index is 0.122. The molecule has 0 unspecified atom stereocenters. The van der Waals surface area contributed by atoms with E-state index in [0.29, 0.717) is 6.61 Å². The van der Waals surface area contributed by atoms with Crippen LogP contribution in [0, 0.1) is 0 Å². The van der Waals surface area contributed by atoms with E-state index in [-0.39, 0.29) is 6.61 Å². The molecule has 44 valence electrons. The van der Waals surface area contributed by atoms with E-state index in [1.807, 2.05) is 6.79 Å². The second-order valence-electron chi connectivity index (χ2n) is 0.716. The molecule has 0 heterocycles. The maximum atomic E-state index is 8.00. The van der Waals surface area contributed by atoms with Crippen LogP contribution in [-0.4, -0.2) is 32.2 Å². The number of hydrogen-bond acceptors (Lipinski definition) is 3. The first-order valence-corrected chi connectivity index (χ1v) is 1.80. The lowest BCUT2D eigenvalue weighted by Crippen LogP contribution is -1.91. The fourth-order valence-corrected chi connectivity index (χ4v) is 0.0913. The van der Waals surface area contributed by atoms with Crippen molar-refractivity contribution in [3.05, 3.63) is 0 Å². The van der Waals surface area contributed by atoms with E-state index in [1.165, 1.54) is 0 Å². The highest BCUT2D eigenvalue weighted by atomic mass is 16.5. The second kappa shape index (κ2) is 17.6. The molecule has 0 saturated heterocycles. The standard InChI is InChI=1S/C3H8O2.CH2O/c1-5-3-2-4;1-2/h4H,2-3H2,1H3;1H2. The first-order valence-electron chi connectivity index (χ1n) is 1.80. The molecular weight excluding hydrogens is 96.0 g/mol. The van der Waals surface area contributed by atoms with Gasteiger partial charge in [0.2, 0.25) is 0 Å². The van der Waals surface area contributed by atoms with Gasteiger partial charge in [-0.15, -0.1) is 0 Å². The third-order valence-electron chi connectivity index (χ3n) is 0.295. The van der Waals surface area contributed by atoms with Gasteiger partial charge >= 0.3 is 0 Å². The SMILES string of the molecule is C=O.COCCO. The van der Waals surface area contributed by atoms with Crippen molar-refractivity contribution in [1.82, 2.24) is 0 Å². The molecule has 1 N–H and O–H groups in total. The van der Waals surface area contributed by atoms with Crippen LogP contribution in [0.3, 0.4) is 0 Å². The van der Waals surface area contributed by atoms with Gasteiger partial charge in [0.25, 0.3) is 0 Å². The van der Waals surface area contributed by atoms with E-state index >= 15 is 0 Å². The number of hydrogen-bond donors (Lipinski definition) is 1. The molecule has 0 bridgehead atoms. The molecule has 0 aliphatic carbocycles. The number of aliphatic hydroxyl groups excluding tert-OH is 1. The third kappa shape index (κ3) is 28.5. The molecule has 0 aromatic rings. The molecule has 0 aromatic heterocycles. The van der Waals surface area contributed by atoms with Gasteiger partial charge in [0.1, 0.15) is 6.79 Å². The summed E-state index contributed by atoms with van der Waals surface area (Å²) in [5.41, 5.74) is 0. The monoisotopic (exact) mass is 106 g/mol. The summed E-state index contributed by atoms with van der Waals surface area (Å²) in [7, 11) is 1.55. The highest BCUT2D eigenvalue weighted by Crippen LogP contribution is 1.56. The van der Waals surface area contributed by atoms with Crippen LogP contribution >= 0.6 is 0 Å². The maximum Gasteiger partial charge on any atom is 0.106 e. The Labute approximate surface area is 42.9 Å². The summed E-state index contributed by atoms with van der Waals surface area (Å²) < 4.78 is 4.44. The van der Waals surface area contributed by atoms with Crippen molar-refractivity contribution in [2.75, 3.05) is 20.3 Å². The Hall–Kier alpha value is -0.410. The lowest BCUT2D eigenvalue weighted by atomic mass is 10.8. The molecule has 0 aliphatic rings. The quantitative estimate of drug-likeness (QED) is 0.513. The van der Waals surface area contributed by atoms with Gasteiger partial charge in [-0.3, -0.25) is 0 Å². The summed E-state index contributed by atoms with van der Waals surface area (Å²) in [6.45, 7) is 2.57. The van der Waals surface area contributed by atoms with Crippen LogP contribution in [0.25, 0.3) is 0 Å². The van der Waals surface area contributed by atoms with Crippen molar-refractivity contribution >= 4 is 6.79 Å². The number of aliphatic hydroxyl groups is 1. The zero-order valence-corrected chi connectivity index (χ0v) is 4.39. The summed E-state index contributed by atoms with van der Waals surface area (Å²) in [5.74, 6) is 0. The van der Waals surface area contributed by atoms with Gasteiger partial charge in [-0.25, -0.2) is 0 Å². The van der Waals surface area contributed by atoms with Crippen molar-refractivity contribution < 1.29 is 14.6 Å². The zero-order chi connectivity index (χ0) is 6.12. The Bertz CT molecular complexity index is 20.9. The van der Waals surface area contributed by atoms with E-state index in [0.717, 1.165) is 0 Å². The molecule has 0 radical (unpaired) electrons. The fourth-order valence-electron chi connectivity index (χ4n) is 0.0913. The Kier molecular flexibility index (Phi) is 24.5. The van der Waals surface area contributed by atoms with Crippen LogP contribution in [0.1, 0.15) is 0 Å². The predicted octanol–water partition coefficient (Wildman–Crippen LogP) is -0.560. The van der Waals surface area contributed by atoms with Gasteiger partial charge in [-0.1, -0.05) is 0 Å². The molecule has 0 amide bonds. The van der Waals surface area contributed by atoms with E-state index < -0.39 is 0 Å². The minimum atomic E-state index is 0.122. The van der Waals surface area contributed by atoms with Crippen LogP contribution in [0.5, 0.6) is 0 Å². The topological polar surface area (TPSA) is 46.5 Å². The molecule has 7 heavy (non-hydrogen) atoms. The van der Waals surface area contributed by atoms with Crippen LogP contribution in [0.4, 0.5) is 0 Å². The highest BCUT2D eigenvalue weighted by Gasteiger charge is 1.67. The van der Waals surface area contributed by atoms with E-state index in [9.17, 15) is 0 Å². The molecule has 0 spiro atoms. The molecule has 3 heteroatoms. The predicted molar refractivity (Wildman–Crippen MR) is 26.1 cm³/mol. The lowest BCUT2D eigenvalue weighted by Gasteiger charge is -1.84. The first kappa shape index (κ1) is 9.77. The second-order valence-corrected chi connectivity index (χ2v) is 0.716. The first-order chi connectivity index (χ1) is 3.41. The molecule has 0 atom stereocenters. The summed E-state index contributed by atoms with van der Waals surface area (Å²) in [4.78, 5) is 8.00. The maximum absolute atomic E-state index is 8.00.